The molecule has 0 saturated heterocycles. The average molecular weight is 275 g/mol. The molecule has 0 radical (unpaired) electrons. The SMILES string of the molecule is Cl.O=c1cc(-c2ccncc2)c2cccc(O)c2[nH]1. The predicted molar refractivity (Wildman–Crippen MR) is 76.7 cm³/mol. The summed E-state index contributed by atoms with van der Waals surface area (Å²) in [5.41, 5.74) is 1.89. The van der Waals surface area contributed by atoms with E-state index in [4.69, 9.17) is 0 Å². The second-order valence-electron chi connectivity index (χ2n) is 3.98. The molecule has 0 aliphatic rings. The second kappa shape index (κ2) is 5.12. The first-order valence-electron chi connectivity index (χ1n) is 5.51. The zero-order valence-corrected chi connectivity index (χ0v) is 10.6. The summed E-state index contributed by atoms with van der Waals surface area (Å²) in [6.07, 6.45) is 3.34. The maximum absolute atomic E-state index is 11.6. The van der Waals surface area contributed by atoms with Crippen LogP contribution in [-0.2, 0) is 0 Å². The van der Waals surface area contributed by atoms with Gasteiger partial charge in [-0.25, -0.2) is 0 Å². The van der Waals surface area contributed by atoms with Gasteiger partial charge in [-0.3, -0.25) is 9.78 Å². The Bertz CT molecular complexity index is 769. The molecule has 0 amide bonds. The molecule has 0 saturated carbocycles. The Labute approximate surface area is 115 Å². The molecule has 3 rings (SSSR count). The number of H-pyrrole nitrogens is 1. The summed E-state index contributed by atoms with van der Waals surface area (Å²) >= 11 is 0. The van der Waals surface area contributed by atoms with Gasteiger partial charge < -0.3 is 10.1 Å². The number of aromatic hydroxyl groups is 1. The molecule has 2 heterocycles. The Hall–Kier alpha value is -2.33. The topological polar surface area (TPSA) is 66.0 Å². The van der Waals surface area contributed by atoms with E-state index in [2.05, 4.69) is 9.97 Å². The highest BCUT2D eigenvalue weighted by Gasteiger charge is 2.08. The minimum absolute atomic E-state index is 0. The standard InChI is InChI=1S/C14H10N2O2.ClH/c17-12-3-1-2-10-11(8-13(18)16-14(10)12)9-4-6-15-7-5-9;/h1-8,17H,(H,16,18);1H. The number of rotatable bonds is 1. The van der Waals surface area contributed by atoms with Crippen molar-refractivity contribution in [3.8, 4) is 16.9 Å². The monoisotopic (exact) mass is 274 g/mol. The largest absolute Gasteiger partial charge is 0.506 e. The molecule has 0 bridgehead atoms. The minimum Gasteiger partial charge on any atom is -0.506 e. The number of para-hydroxylation sites is 1. The van der Waals surface area contributed by atoms with Gasteiger partial charge in [0.15, 0.2) is 0 Å². The highest BCUT2D eigenvalue weighted by Crippen LogP contribution is 2.29. The molecule has 2 N–H and O–H groups in total. The van der Waals surface area contributed by atoms with Crippen molar-refractivity contribution in [2.75, 3.05) is 0 Å². The lowest BCUT2D eigenvalue weighted by Crippen LogP contribution is -2.04. The Balaban J connectivity index is 0.00000133. The molecule has 5 heteroatoms. The van der Waals surface area contributed by atoms with Crippen molar-refractivity contribution in [3.63, 3.8) is 0 Å². The zero-order chi connectivity index (χ0) is 12.5. The minimum atomic E-state index is -0.240. The van der Waals surface area contributed by atoms with Crippen molar-refractivity contribution in [2.24, 2.45) is 0 Å². The van der Waals surface area contributed by atoms with Gasteiger partial charge in [-0.1, -0.05) is 12.1 Å². The molecule has 19 heavy (non-hydrogen) atoms. The van der Waals surface area contributed by atoms with E-state index >= 15 is 0 Å². The van der Waals surface area contributed by atoms with Gasteiger partial charge in [0.05, 0.1) is 5.52 Å². The van der Waals surface area contributed by atoms with E-state index in [1.165, 1.54) is 6.07 Å². The molecule has 0 aliphatic heterocycles. The van der Waals surface area contributed by atoms with E-state index in [9.17, 15) is 9.90 Å². The van der Waals surface area contributed by atoms with Crippen molar-refractivity contribution in [1.29, 1.82) is 0 Å². The van der Waals surface area contributed by atoms with Gasteiger partial charge in [-0.2, -0.15) is 0 Å². The predicted octanol–water partition coefficient (Wildman–Crippen LogP) is 2.72. The van der Waals surface area contributed by atoms with Gasteiger partial charge in [-0.15, -0.1) is 12.4 Å². The highest BCUT2D eigenvalue weighted by molar-refractivity contribution is 5.96. The number of aromatic amines is 1. The molecule has 96 valence electrons. The lowest BCUT2D eigenvalue weighted by Gasteiger charge is -2.07. The van der Waals surface area contributed by atoms with Gasteiger partial charge in [0.1, 0.15) is 5.75 Å². The number of nitrogens with zero attached hydrogens (tertiary/aromatic N) is 1. The Kier molecular flexibility index (Phi) is 3.53. The van der Waals surface area contributed by atoms with E-state index in [1.54, 1.807) is 24.5 Å². The van der Waals surface area contributed by atoms with Gasteiger partial charge in [0, 0.05) is 23.8 Å². The fraction of sp³-hybridized carbons (Fsp3) is 0. The fourth-order valence-electron chi connectivity index (χ4n) is 2.03. The third kappa shape index (κ3) is 2.30. The maximum atomic E-state index is 11.6. The molecule has 0 unspecified atom stereocenters. The third-order valence-electron chi connectivity index (χ3n) is 2.85. The summed E-state index contributed by atoms with van der Waals surface area (Å²) in [6, 6.07) is 10.4. The summed E-state index contributed by atoms with van der Waals surface area (Å²) in [7, 11) is 0. The summed E-state index contributed by atoms with van der Waals surface area (Å²) < 4.78 is 0. The number of phenolic OH excluding ortho intramolecular Hbond substituents is 1. The van der Waals surface area contributed by atoms with E-state index in [0.717, 1.165) is 16.5 Å². The van der Waals surface area contributed by atoms with Gasteiger partial charge in [0.2, 0.25) is 5.56 Å². The van der Waals surface area contributed by atoms with Crippen LogP contribution in [0.25, 0.3) is 22.0 Å². The van der Waals surface area contributed by atoms with E-state index < -0.39 is 0 Å². The van der Waals surface area contributed by atoms with Crippen LogP contribution in [0.15, 0.2) is 53.6 Å². The number of pyridine rings is 2. The highest BCUT2D eigenvalue weighted by atomic mass is 35.5. The van der Waals surface area contributed by atoms with Crippen LogP contribution < -0.4 is 5.56 Å². The molecule has 0 aliphatic carbocycles. The number of phenols is 1. The van der Waals surface area contributed by atoms with Crippen LogP contribution in [0.1, 0.15) is 0 Å². The number of nitrogens with one attached hydrogen (secondary N) is 1. The number of hydrogen-bond donors (Lipinski definition) is 2. The van der Waals surface area contributed by atoms with Crippen LogP contribution >= 0.6 is 12.4 Å². The van der Waals surface area contributed by atoms with E-state index in [-0.39, 0.29) is 23.7 Å². The lowest BCUT2D eigenvalue weighted by atomic mass is 10.0. The van der Waals surface area contributed by atoms with Crippen LogP contribution in [0.3, 0.4) is 0 Å². The number of hydrogen-bond acceptors (Lipinski definition) is 3. The molecule has 3 aromatic rings. The fourth-order valence-corrected chi connectivity index (χ4v) is 2.03. The van der Waals surface area contributed by atoms with Crippen molar-refractivity contribution in [3.05, 3.63) is 59.1 Å². The molecule has 2 aromatic heterocycles. The molecular weight excluding hydrogens is 264 g/mol. The number of benzene rings is 1. The van der Waals surface area contributed by atoms with Crippen molar-refractivity contribution >= 4 is 23.3 Å². The van der Waals surface area contributed by atoms with Crippen LogP contribution in [0.4, 0.5) is 0 Å². The van der Waals surface area contributed by atoms with Crippen molar-refractivity contribution in [2.45, 2.75) is 0 Å². The van der Waals surface area contributed by atoms with Gasteiger partial charge in [-0.05, 0) is 29.3 Å². The van der Waals surface area contributed by atoms with Crippen LogP contribution in [-0.4, -0.2) is 15.1 Å². The zero-order valence-electron chi connectivity index (χ0n) is 9.83. The maximum Gasteiger partial charge on any atom is 0.249 e. The summed E-state index contributed by atoms with van der Waals surface area (Å²) in [5.74, 6) is 0.0699. The Morgan fingerprint density at radius 1 is 1.11 bits per heavy atom. The van der Waals surface area contributed by atoms with Crippen LogP contribution in [0.2, 0.25) is 0 Å². The summed E-state index contributed by atoms with van der Waals surface area (Å²) in [4.78, 5) is 18.3. The molecule has 0 atom stereocenters. The Morgan fingerprint density at radius 2 is 1.84 bits per heavy atom. The van der Waals surface area contributed by atoms with E-state index in [1.807, 2.05) is 18.2 Å². The molecule has 0 spiro atoms. The van der Waals surface area contributed by atoms with E-state index in [0.29, 0.717) is 5.52 Å². The number of fused-ring (bicyclic) bond motifs is 1. The Morgan fingerprint density at radius 3 is 2.58 bits per heavy atom. The quantitative estimate of drug-likeness (QED) is 0.717. The normalized spacial score (nSPS) is 10.1. The van der Waals surface area contributed by atoms with Crippen LogP contribution in [0, 0.1) is 0 Å². The van der Waals surface area contributed by atoms with Gasteiger partial charge in [0.25, 0.3) is 0 Å². The molecule has 4 nitrogen and oxygen atoms in total. The third-order valence-corrected chi connectivity index (χ3v) is 2.85. The summed E-state index contributed by atoms with van der Waals surface area (Å²) in [5, 5.41) is 10.6. The first-order chi connectivity index (χ1) is 8.75. The number of halogens is 1. The average Bonchev–Trinajstić information content (AvgIpc) is 2.40. The van der Waals surface area contributed by atoms with Gasteiger partial charge >= 0.3 is 0 Å². The summed E-state index contributed by atoms with van der Waals surface area (Å²) in [6.45, 7) is 0. The molecule has 1 aromatic carbocycles. The lowest BCUT2D eigenvalue weighted by molar-refractivity contribution is 0.480. The van der Waals surface area contributed by atoms with Crippen molar-refractivity contribution in [1.82, 2.24) is 9.97 Å². The smallest absolute Gasteiger partial charge is 0.249 e. The first-order valence-corrected chi connectivity index (χ1v) is 5.51. The second-order valence-corrected chi connectivity index (χ2v) is 3.98. The van der Waals surface area contributed by atoms with Crippen LogP contribution in [0.5, 0.6) is 5.75 Å². The first kappa shape index (κ1) is 13.1. The molecule has 0 fully saturated rings. The van der Waals surface area contributed by atoms with Crippen molar-refractivity contribution < 1.29 is 5.11 Å². The number of aromatic nitrogens is 2. The molecular formula is C14H11ClN2O2.